The molecule has 3 nitrogen and oxygen atoms in total. The van der Waals surface area contributed by atoms with Gasteiger partial charge in [-0.2, -0.15) is 4.57 Å². The molecule has 0 saturated carbocycles. The van der Waals surface area contributed by atoms with Gasteiger partial charge in [-0.15, -0.1) is 0 Å². The Morgan fingerprint density at radius 3 is 2.38 bits per heavy atom. The van der Waals surface area contributed by atoms with Crippen molar-refractivity contribution in [2.75, 3.05) is 6.61 Å². The zero-order chi connectivity index (χ0) is 15.0. The van der Waals surface area contributed by atoms with Crippen molar-refractivity contribution in [3.63, 3.8) is 0 Å². The van der Waals surface area contributed by atoms with E-state index in [1.54, 1.807) is 0 Å². The van der Waals surface area contributed by atoms with E-state index in [-0.39, 0.29) is 6.61 Å². The molecule has 0 unspecified atom stereocenters. The first-order chi connectivity index (χ1) is 10.1. The zero-order valence-electron chi connectivity index (χ0n) is 12.8. The molecule has 1 N–H and O–H groups in total. The monoisotopic (exact) mass is 281 g/mol. The van der Waals surface area contributed by atoms with Crippen LogP contribution in [0.25, 0.3) is 16.7 Å². The van der Waals surface area contributed by atoms with Crippen LogP contribution in [0.4, 0.5) is 0 Å². The van der Waals surface area contributed by atoms with Crippen LogP contribution in [0.1, 0.15) is 16.7 Å². The predicted octanol–water partition coefficient (Wildman–Crippen LogP) is 2.84. The second kappa shape index (κ2) is 5.34. The first kappa shape index (κ1) is 13.8. The van der Waals surface area contributed by atoms with Crippen LogP contribution in [0.5, 0.6) is 0 Å². The van der Waals surface area contributed by atoms with Crippen LogP contribution in [0, 0.1) is 20.8 Å². The molecule has 0 spiro atoms. The molecule has 1 aromatic heterocycles. The molecule has 0 bridgehead atoms. The van der Waals surface area contributed by atoms with Gasteiger partial charge in [-0.3, -0.25) is 0 Å². The van der Waals surface area contributed by atoms with Gasteiger partial charge >= 0.3 is 0 Å². The van der Waals surface area contributed by atoms with E-state index in [4.69, 9.17) is 0 Å². The van der Waals surface area contributed by atoms with Crippen LogP contribution in [0.3, 0.4) is 0 Å². The van der Waals surface area contributed by atoms with Gasteiger partial charge in [0.2, 0.25) is 6.33 Å². The molecule has 0 aliphatic carbocycles. The SMILES string of the molecule is Cc1cc(C)c(-n2c[n+](CCO)c3ccccc32)c(C)c1. The van der Waals surface area contributed by atoms with Crippen LogP contribution in [-0.4, -0.2) is 16.3 Å². The van der Waals surface area contributed by atoms with E-state index in [1.165, 1.54) is 27.9 Å². The lowest BCUT2D eigenvalue weighted by Gasteiger charge is -2.07. The second-order valence-electron chi connectivity index (χ2n) is 5.64. The molecule has 0 atom stereocenters. The summed E-state index contributed by atoms with van der Waals surface area (Å²) in [6, 6.07) is 12.7. The molecule has 108 valence electrons. The van der Waals surface area contributed by atoms with Crippen molar-refractivity contribution in [3.05, 3.63) is 59.4 Å². The Morgan fingerprint density at radius 1 is 1.05 bits per heavy atom. The van der Waals surface area contributed by atoms with Crippen molar-refractivity contribution in [2.45, 2.75) is 27.3 Å². The summed E-state index contributed by atoms with van der Waals surface area (Å²) >= 11 is 0. The Morgan fingerprint density at radius 2 is 1.71 bits per heavy atom. The molecular weight excluding hydrogens is 260 g/mol. The van der Waals surface area contributed by atoms with E-state index in [1.807, 2.05) is 6.07 Å². The predicted molar refractivity (Wildman–Crippen MR) is 84.8 cm³/mol. The highest BCUT2D eigenvalue weighted by Crippen LogP contribution is 2.24. The number of nitrogens with zero attached hydrogens (tertiary/aromatic N) is 2. The minimum absolute atomic E-state index is 0.143. The number of aliphatic hydroxyl groups excluding tert-OH is 1. The van der Waals surface area contributed by atoms with Crippen molar-refractivity contribution in [3.8, 4) is 5.69 Å². The van der Waals surface area contributed by atoms with Gasteiger partial charge in [-0.1, -0.05) is 29.8 Å². The summed E-state index contributed by atoms with van der Waals surface area (Å²) in [7, 11) is 0. The Labute approximate surface area is 125 Å². The van der Waals surface area contributed by atoms with E-state index in [9.17, 15) is 5.11 Å². The van der Waals surface area contributed by atoms with Gasteiger partial charge in [0.15, 0.2) is 11.0 Å². The molecule has 21 heavy (non-hydrogen) atoms. The van der Waals surface area contributed by atoms with Crippen molar-refractivity contribution in [1.82, 2.24) is 4.57 Å². The number of aryl methyl sites for hydroxylation is 3. The molecule has 3 rings (SSSR count). The molecule has 2 aromatic carbocycles. The summed E-state index contributed by atoms with van der Waals surface area (Å²) in [6.07, 6.45) is 2.09. The molecule has 0 radical (unpaired) electrons. The average molecular weight is 281 g/mol. The minimum Gasteiger partial charge on any atom is -0.392 e. The van der Waals surface area contributed by atoms with Crippen LogP contribution in [0.15, 0.2) is 42.7 Å². The maximum atomic E-state index is 9.27. The fourth-order valence-electron chi connectivity index (χ4n) is 3.19. The third-order valence-electron chi connectivity index (χ3n) is 3.92. The van der Waals surface area contributed by atoms with Crippen molar-refractivity contribution >= 4 is 11.0 Å². The lowest BCUT2D eigenvalue weighted by Crippen LogP contribution is -2.34. The molecule has 1 heterocycles. The number of aromatic nitrogens is 2. The van der Waals surface area contributed by atoms with E-state index in [0.717, 1.165) is 5.52 Å². The largest absolute Gasteiger partial charge is 0.392 e. The number of imidazole rings is 1. The summed E-state index contributed by atoms with van der Waals surface area (Å²) < 4.78 is 4.34. The summed E-state index contributed by atoms with van der Waals surface area (Å²) in [5.41, 5.74) is 7.36. The zero-order valence-corrected chi connectivity index (χ0v) is 12.8. The van der Waals surface area contributed by atoms with Crippen LogP contribution in [-0.2, 0) is 6.54 Å². The van der Waals surface area contributed by atoms with E-state index in [0.29, 0.717) is 6.54 Å². The highest BCUT2D eigenvalue weighted by Gasteiger charge is 2.19. The van der Waals surface area contributed by atoms with Gasteiger partial charge in [0.1, 0.15) is 12.2 Å². The fraction of sp³-hybridized carbons (Fsp3) is 0.278. The standard InChI is InChI=1S/C18H21N2O/c1-13-10-14(2)18(15(3)11-13)20-12-19(8-9-21)16-6-4-5-7-17(16)20/h4-7,10-12,21H,8-9H2,1-3H3/q+1. The van der Waals surface area contributed by atoms with E-state index < -0.39 is 0 Å². The maximum absolute atomic E-state index is 9.27. The minimum atomic E-state index is 0.143. The number of aliphatic hydroxyl groups is 1. The van der Waals surface area contributed by atoms with Crippen molar-refractivity contribution in [1.29, 1.82) is 0 Å². The molecule has 0 aliphatic heterocycles. The average Bonchev–Trinajstić information content (AvgIpc) is 2.78. The second-order valence-corrected chi connectivity index (χ2v) is 5.64. The number of para-hydroxylation sites is 2. The Hall–Kier alpha value is -2.13. The van der Waals surface area contributed by atoms with Gasteiger partial charge in [0.25, 0.3) is 0 Å². The Balaban J connectivity index is 2.31. The van der Waals surface area contributed by atoms with Crippen LogP contribution >= 0.6 is 0 Å². The van der Waals surface area contributed by atoms with Gasteiger partial charge < -0.3 is 5.11 Å². The first-order valence-corrected chi connectivity index (χ1v) is 7.30. The first-order valence-electron chi connectivity index (χ1n) is 7.30. The highest BCUT2D eigenvalue weighted by atomic mass is 16.3. The number of fused-ring (bicyclic) bond motifs is 1. The summed E-state index contributed by atoms with van der Waals surface area (Å²) in [5.74, 6) is 0. The summed E-state index contributed by atoms with van der Waals surface area (Å²) in [5, 5.41) is 9.27. The smallest absolute Gasteiger partial charge is 0.250 e. The highest BCUT2D eigenvalue weighted by molar-refractivity contribution is 5.75. The Bertz CT molecular complexity index is 779. The fourth-order valence-corrected chi connectivity index (χ4v) is 3.19. The van der Waals surface area contributed by atoms with Crippen LogP contribution < -0.4 is 4.57 Å². The molecule has 0 fully saturated rings. The summed E-state index contributed by atoms with van der Waals surface area (Å²) in [6.45, 7) is 7.19. The van der Waals surface area contributed by atoms with Gasteiger partial charge in [-0.05, 0) is 44.0 Å². The maximum Gasteiger partial charge on any atom is 0.250 e. The van der Waals surface area contributed by atoms with Gasteiger partial charge in [0, 0.05) is 0 Å². The lowest BCUT2D eigenvalue weighted by molar-refractivity contribution is -0.673. The molecule has 0 saturated heterocycles. The lowest BCUT2D eigenvalue weighted by atomic mass is 10.0. The quantitative estimate of drug-likeness (QED) is 0.735. The number of hydrogen-bond acceptors (Lipinski definition) is 1. The third kappa shape index (κ3) is 2.34. The number of hydrogen-bond donors (Lipinski definition) is 1. The molecule has 0 amide bonds. The topological polar surface area (TPSA) is 29.0 Å². The summed E-state index contributed by atoms with van der Waals surface area (Å²) in [4.78, 5) is 0. The van der Waals surface area contributed by atoms with E-state index in [2.05, 4.69) is 66.6 Å². The van der Waals surface area contributed by atoms with E-state index >= 15 is 0 Å². The normalized spacial score (nSPS) is 11.2. The molecule has 3 aromatic rings. The van der Waals surface area contributed by atoms with Gasteiger partial charge in [-0.25, -0.2) is 4.57 Å². The van der Waals surface area contributed by atoms with Crippen LogP contribution in [0.2, 0.25) is 0 Å². The van der Waals surface area contributed by atoms with Crippen molar-refractivity contribution < 1.29 is 9.67 Å². The number of rotatable bonds is 3. The van der Waals surface area contributed by atoms with Crippen molar-refractivity contribution in [2.24, 2.45) is 0 Å². The number of benzene rings is 2. The Kier molecular flexibility index (Phi) is 3.52. The molecule has 0 aliphatic rings. The molecular formula is C18H21N2O+. The third-order valence-corrected chi connectivity index (χ3v) is 3.92. The van der Waals surface area contributed by atoms with Gasteiger partial charge in [0.05, 0.1) is 6.61 Å². The molecule has 3 heteroatoms.